The predicted octanol–water partition coefficient (Wildman–Crippen LogP) is 3.05. The molecule has 1 amide bonds. The zero-order valence-electron chi connectivity index (χ0n) is 19.3. The SMILES string of the molecule is Cc1nn(C2CCS(=O)(=O)C2)c(C)c1CN(C)C(C(=O)N1CCCCC1)c1ccccc1. The Kier molecular flexibility index (Phi) is 6.72. The average molecular weight is 459 g/mol. The van der Waals surface area contributed by atoms with Crippen LogP contribution in [-0.2, 0) is 21.2 Å². The highest BCUT2D eigenvalue weighted by Crippen LogP contribution is 2.30. The van der Waals surface area contributed by atoms with Crippen LogP contribution in [0.4, 0.5) is 0 Å². The Labute approximate surface area is 191 Å². The number of hydrogen-bond donors (Lipinski definition) is 0. The summed E-state index contributed by atoms with van der Waals surface area (Å²) in [6.45, 7) is 6.21. The number of sulfone groups is 1. The molecule has 2 aliphatic rings. The van der Waals surface area contributed by atoms with Gasteiger partial charge in [-0.05, 0) is 52.1 Å². The van der Waals surface area contributed by atoms with Crippen LogP contribution in [0.1, 0.15) is 60.3 Å². The van der Waals surface area contributed by atoms with Gasteiger partial charge in [0.1, 0.15) is 6.04 Å². The van der Waals surface area contributed by atoms with E-state index in [0.717, 1.165) is 48.4 Å². The van der Waals surface area contributed by atoms with E-state index in [1.54, 1.807) is 0 Å². The molecule has 2 unspecified atom stereocenters. The Morgan fingerprint density at radius 3 is 2.47 bits per heavy atom. The van der Waals surface area contributed by atoms with E-state index in [-0.39, 0.29) is 29.5 Å². The zero-order chi connectivity index (χ0) is 22.9. The summed E-state index contributed by atoms with van der Waals surface area (Å²) in [5.41, 5.74) is 3.96. The highest BCUT2D eigenvalue weighted by atomic mass is 32.2. The topological polar surface area (TPSA) is 75.5 Å². The number of nitrogens with zero attached hydrogens (tertiary/aromatic N) is 4. The van der Waals surface area contributed by atoms with E-state index >= 15 is 0 Å². The minimum atomic E-state index is -2.98. The molecule has 4 rings (SSSR count). The fourth-order valence-electron chi connectivity index (χ4n) is 5.10. The third-order valence-corrected chi connectivity index (χ3v) is 8.64. The number of aromatic nitrogens is 2. The molecular formula is C24H34N4O3S. The van der Waals surface area contributed by atoms with Crippen molar-refractivity contribution in [1.82, 2.24) is 19.6 Å². The van der Waals surface area contributed by atoms with Gasteiger partial charge in [0, 0.05) is 30.9 Å². The Bertz CT molecular complexity index is 1060. The number of piperidine rings is 1. The fourth-order valence-corrected chi connectivity index (χ4v) is 6.79. The first-order valence-electron chi connectivity index (χ1n) is 11.6. The Morgan fingerprint density at radius 2 is 1.84 bits per heavy atom. The normalized spacial score (nSPS) is 21.8. The number of aryl methyl sites for hydroxylation is 1. The van der Waals surface area contributed by atoms with Gasteiger partial charge < -0.3 is 4.90 Å². The van der Waals surface area contributed by atoms with Gasteiger partial charge in [0.15, 0.2) is 9.84 Å². The van der Waals surface area contributed by atoms with Gasteiger partial charge in [-0.25, -0.2) is 8.42 Å². The molecule has 1 aromatic carbocycles. The Morgan fingerprint density at radius 1 is 1.16 bits per heavy atom. The number of rotatable bonds is 6. The number of benzene rings is 1. The lowest BCUT2D eigenvalue weighted by atomic mass is 10.0. The average Bonchev–Trinajstić information content (AvgIpc) is 3.28. The number of likely N-dealkylation sites (N-methyl/N-ethyl adjacent to an activating group) is 1. The number of likely N-dealkylation sites (tertiary alicyclic amines) is 1. The second-order valence-corrected chi connectivity index (χ2v) is 11.5. The van der Waals surface area contributed by atoms with Crippen molar-refractivity contribution < 1.29 is 13.2 Å². The lowest BCUT2D eigenvalue weighted by Gasteiger charge is -2.35. The fraction of sp³-hybridized carbons (Fsp3) is 0.583. The van der Waals surface area contributed by atoms with Crippen LogP contribution in [0.15, 0.2) is 30.3 Å². The molecule has 32 heavy (non-hydrogen) atoms. The molecule has 0 spiro atoms. The standard InChI is InChI=1S/C24H34N4O3S/c1-18-22(19(2)28(25-18)21-12-15-32(30,31)17-21)16-26(3)23(20-10-6-4-7-11-20)24(29)27-13-8-5-9-14-27/h4,6-7,10-11,21,23H,5,8-9,12-17H2,1-3H3. The third kappa shape index (κ3) is 4.76. The van der Waals surface area contributed by atoms with Gasteiger partial charge >= 0.3 is 0 Å². The second-order valence-electron chi connectivity index (χ2n) is 9.27. The molecule has 8 heteroatoms. The largest absolute Gasteiger partial charge is 0.341 e. The number of hydrogen-bond acceptors (Lipinski definition) is 5. The van der Waals surface area contributed by atoms with Crippen LogP contribution >= 0.6 is 0 Å². The summed E-state index contributed by atoms with van der Waals surface area (Å²) in [5, 5.41) is 4.71. The van der Waals surface area contributed by atoms with Crippen molar-refractivity contribution >= 4 is 15.7 Å². The highest BCUT2D eigenvalue weighted by molar-refractivity contribution is 7.91. The summed E-state index contributed by atoms with van der Waals surface area (Å²) in [4.78, 5) is 17.7. The molecule has 2 fully saturated rings. The van der Waals surface area contributed by atoms with E-state index in [1.807, 2.05) is 60.8 Å². The van der Waals surface area contributed by atoms with Gasteiger partial charge in [0.2, 0.25) is 5.91 Å². The third-order valence-electron chi connectivity index (χ3n) is 6.89. The van der Waals surface area contributed by atoms with Crippen molar-refractivity contribution in [3.05, 3.63) is 52.8 Å². The number of carbonyl (C=O) groups excluding carboxylic acids is 1. The van der Waals surface area contributed by atoms with Gasteiger partial charge in [-0.2, -0.15) is 5.10 Å². The number of carbonyl (C=O) groups is 1. The van der Waals surface area contributed by atoms with Gasteiger partial charge in [0.25, 0.3) is 0 Å². The molecule has 7 nitrogen and oxygen atoms in total. The van der Waals surface area contributed by atoms with Crippen LogP contribution in [0.2, 0.25) is 0 Å². The summed E-state index contributed by atoms with van der Waals surface area (Å²) in [6.07, 6.45) is 3.92. The summed E-state index contributed by atoms with van der Waals surface area (Å²) < 4.78 is 25.8. The van der Waals surface area contributed by atoms with Crippen molar-refractivity contribution in [2.24, 2.45) is 0 Å². The molecule has 0 N–H and O–H groups in total. The van der Waals surface area contributed by atoms with Crippen molar-refractivity contribution in [3.63, 3.8) is 0 Å². The molecule has 0 saturated carbocycles. The minimum absolute atomic E-state index is 0.0994. The monoisotopic (exact) mass is 458 g/mol. The molecular weight excluding hydrogens is 424 g/mol. The maximum absolute atomic E-state index is 13.6. The number of amides is 1. The quantitative estimate of drug-likeness (QED) is 0.665. The predicted molar refractivity (Wildman–Crippen MR) is 125 cm³/mol. The minimum Gasteiger partial charge on any atom is -0.341 e. The first-order valence-corrected chi connectivity index (χ1v) is 13.4. The van der Waals surface area contributed by atoms with E-state index in [4.69, 9.17) is 5.10 Å². The summed E-state index contributed by atoms with van der Waals surface area (Å²) >= 11 is 0. The van der Waals surface area contributed by atoms with Crippen LogP contribution < -0.4 is 0 Å². The molecule has 3 heterocycles. The maximum Gasteiger partial charge on any atom is 0.244 e. The molecule has 2 atom stereocenters. The van der Waals surface area contributed by atoms with Crippen molar-refractivity contribution in [3.8, 4) is 0 Å². The van der Waals surface area contributed by atoms with Crippen LogP contribution in [0.5, 0.6) is 0 Å². The van der Waals surface area contributed by atoms with Gasteiger partial charge in [-0.3, -0.25) is 14.4 Å². The van der Waals surface area contributed by atoms with E-state index < -0.39 is 9.84 Å². The van der Waals surface area contributed by atoms with Crippen molar-refractivity contribution in [1.29, 1.82) is 0 Å². The molecule has 174 valence electrons. The molecule has 0 radical (unpaired) electrons. The van der Waals surface area contributed by atoms with Gasteiger partial charge in [-0.15, -0.1) is 0 Å². The first kappa shape index (κ1) is 23.0. The van der Waals surface area contributed by atoms with Crippen LogP contribution in [0.25, 0.3) is 0 Å². The Hall–Kier alpha value is -2.19. The summed E-state index contributed by atoms with van der Waals surface area (Å²) in [7, 11) is -0.986. The maximum atomic E-state index is 13.6. The zero-order valence-corrected chi connectivity index (χ0v) is 20.1. The second kappa shape index (κ2) is 9.35. The smallest absolute Gasteiger partial charge is 0.244 e. The van der Waals surface area contributed by atoms with Gasteiger partial charge in [0.05, 0.1) is 23.2 Å². The molecule has 1 aromatic heterocycles. The van der Waals surface area contributed by atoms with E-state index in [1.165, 1.54) is 6.42 Å². The lowest BCUT2D eigenvalue weighted by Crippen LogP contribution is -2.43. The molecule has 0 bridgehead atoms. The van der Waals surface area contributed by atoms with E-state index in [9.17, 15) is 13.2 Å². The summed E-state index contributed by atoms with van der Waals surface area (Å²) in [6, 6.07) is 9.52. The molecule has 2 aliphatic heterocycles. The van der Waals surface area contributed by atoms with Crippen molar-refractivity contribution in [2.45, 2.75) is 58.2 Å². The Balaban J connectivity index is 1.60. The summed E-state index contributed by atoms with van der Waals surface area (Å²) in [5.74, 6) is 0.540. The van der Waals surface area contributed by atoms with Crippen LogP contribution in [0.3, 0.4) is 0 Å². The van der Waals surface area contributed by atoms with Crippen LogP contribution in [0, 0.1) is 13.8 Å². The highest BCUT2D eigenvalue weighted by Gasteiger charge is 2.33. The van der Waals surface area contributed by atoms with E-state index in [0.29, 0.717) is 13.0 Å². The van der Waals surface area contributed by atoms with Crippen molar-refractivity contribution in [2.75, 3.05) is 31.6 Å². The lowest BCUT2D eigenvalue weighted by molar-refractivity contribution is -0.138. The van der Waals surface area contributed by atoms with Gasteiger partial charge in [-0.1, -0.05) is 30.3 Å². The molecule has 2 aromatic rings. The van der Waals surface area contributed by atoms with E-state index in [2.05, 4.69) is 4.90 Å². The first-order chi connectivity index (χ1) is 15.3. The molecule has 2 saturated heterocycles. The molecule has 0 aliphatic carbocycles. The van der Waals surface area contributed by atoms with Crippen LogP contribution in [-0.4, -0.2) is 65.5 Å².